The normalized spacial score (nSPS) is 14.1. The van der Waals surface area contributed by atoms with Crippen LogP contribution in [0.3, 0.4) is 0 Å². The minimum atomic E-state index is 0.655. The molecule has 0 bridgehead atoms. The maximum absolute atomic E-state index is 6.01. The van der Waals surface area contributed by atoms with E-state index in [9.17, 15) is 0 Å². The number of aromatic amines is 2. The summed E-state index contributed by atoms with van der Waals surface area (Å²) < 4.78 is 6.01. The number of nitrogens with one attached hydrogen (secondary N) is 2. The minimum absolute atomic E-state index is 0.655. The Hall–Kier alpha value is -4.08. The van der Waals surface area contributed by atoms with E-state index >= 15 is 0 Å². The molecule has 0 atom stereocenters. The molecule has 0 aliphatic carbocycles. The molecule has 6 heterocycles. The van der Waals surface area contributed by atoms with Crippen LogP contribution in [0.2, 0.25) is 0 Å². The maximum Gasteiger partial charge on any atom is 0.161 e. The zero-order valence-electron chi connectivity index (χ0n) is 21.1. The van der Waals surface area contributed by atoms with Crippen molar-refractivity contribution >= 4 is 33.4 Å². The number of para-hydroxylation sites is 1. The van der Waals surface area contributed by atoms with Crippen molar-refractivity contribution in [2.45, 2.75) is 19.8 Å². The molecular weight excluding hydrogens is 494 g/mol. The molecule has 0 spiro atoms. The highest BCUT2D eigenvalue weighted by atomic mass is 32.1. The lowest BCUT2D eigenvalue weighted by Gasteiger charge is -2.15. The van der Waals surface area contributed by atoms with Gasteiger partial charge in [-0.05, 0) is 69.3 Å². The second-order valence-corrected chi connectivity index (χ2v) is 11.0. The molecular formula is C29H27N7OS. The third-order valence-electron chi connectivity index (χ3n) is 7.03. The van der Waals surface area contributed by atoms with Gasteiger partial charge in [0, 0.05) is 33.6 Å². The van der Waals surface area contributed by atoms with Gasteiger partial charge < -0.3 is 9.72 Å². The number of ether oxygens (including phenoxy) is 1. The van der Waals surface area contributed by atoms with Crippen molar-refractivity contribution in [2.75, 3.05) is 26.2 Å². The van der Waals surface area contributed by atoms with Gasteiger partial charge in [-0.1, -0.05) is 12.1 Å². The van der Waals surface area contributed by atoms with Gasteiger partial charge in [0.05, 0.1) is 28.4 Å². The molecule has 5 aromatic heterocycles. The molecule has 1 saturated heterocycles. The lowest BCUT2D eigenvalue weighted by atomic mass is 10.1. The third kappa shape index (κ3) is 4.33. The van der Waals surface area contributed by atoms with Crippen molar-refractivity contribution in [3.8, 4) is 39.0 Å². The van der Waals surface area contributed by atoms with Crippen molar-refractivity contribution in [2.24, 2.45) is 0 Å². The van der Waals surface area contributed by atoms with Gasteiger partial charge in [-0.2, -0.15) is 5.10 Å². The summed E-state index contributed by atoms with van der Waals surface area (Å²) in [5, 5.41) is 7.68. The number of thiophene rings is 1. The topological polar surface area (TPSA) is 95.6 Å². The number of likely N-dealkylation sites (tertiary alicyclic amines) is 1. The summed E-state index contributed by atoms with van der Waals surface area (Å²) in [5.41, 5.74) is 7.03. The third-order valence-corrected chi connectivity index (χ3v) is 8.07. The summed E-state index contributed by atoms with van der Waals surface area (Å²) in [6, 6.07) is 16.5. The number of fused-ring (bicyclic) bond motifs is 2. The number of imidazole rings is 1. The van der Waals surface area contributed by atoms with Crippen LogP contribution in [0.1, 0.15) is 17.7 Å². The maximum atomic E-state index is 6.01. The highest BCUT2D eigenvalue weighted by molar-refractivity contribution is 7.15. The molecule has 38 heavy (non-hydrogen) atoms. The number of hydrogen-bond donors (Lipinski definition) is 2. The van der Waals surface area contributed by atoms with Gasteiger partial charge in [0.15, 0.2) is 11.5 Å². The van der Waals surface area contributed by atoms with Crippen molar-refractivity contribution in [3.63, 3.8) is 0 Å². The molecule has 8 nitrogen and oxygen atoms in total. The standard InChI is InChI=1S/C29H27N7OS/c1-18-7-10-25(38-18)21-5-4-6-23-26(21)33-29(32-23)28-27-24(34-35-28)9-8-22(31-27)19-15-20(17-30-16-19)37-14-13-36-11-2-3-12-36/h4-10,15-17H,2-3,11-14H2,1H3,(H,32,33)(H,34,35). The lowest BCUT2D eigenvalue weighted by molar-refractivity contribution is 0.237. The summed E-state index contributed by atoms with van der Waals surface area (Å²) in [4.78, 5) is 22.7. The Morgan fingerprint density at radius 3 is 2.76 bits per heavy atom. The molecule has 1 aliphatic rings. The van der Waals surface area contributed by atoms with Crippen molar-refractivity contribution in [1.29, 1.82) is 0 Å². The summed E-state index contributed by atoms with van der Waals surface area (Å²) in [7, 11) is 0. The first-order chi connectivity index (χ1) is 18.7. The van der Waals surface area contributed by atoms with Crippen LogP contribution < -0.4 is 4.74 Å². The average molecular weight is 522 g/mol. The summed E-state index contributed by atoms with van der Waals surface area (Å²) >= 11 is 1.77. The van der Waals surface area contributed by atoms with E-state index in [1.54, 1.807) is 17.5 Å². The fourth-order valence-corrected chi connectivity index (χ4v) is 5.98. The fourth-order valence-electron chi connectivity index (χ4n) is 5.08. The number of nitrogens with zero attached hydrogens (tertiary/aromatic N) is 5. The Morgan fingerprint density at radius 2 is 1.89 bits per heavy atom. The van der Waals surface area contributed by atoms with Crippen LogP contribution in [0.15, 0.2) is 60.9 Å². The Bertz CT molecular complexity index is 1740. The van der Waals surface area contributed by atoms with E-state index in [2.05, 4.69) is 56.3 Å². The zero-order valence-corrected chi connectivity index (χ0v) is 21.9. The van der Waals surface area contributed by atoms with Crippen LogP contribution >= 0.6 is 11.3 Å². The van der Waals surface area contributed by atoms with Gasteiger partial charge in [-0.3, -0.25) is 15.0 Å². The van der Waals surface area contributed by atoms with Crippen molar-refractivity contribution < 1.29 is 4.74 Å². The first-order valence-electron chi connectivity index (χ1n) is 12.9. The molecule has 190 valence electrons. The number of pyridine rings is 2. The average Bonchev–Trinajstić information content (AvgIpc) is 3.74. The van der Waals surface area contributed by atoms with Crippen LogP contribution in [0, 0.1) is 6.92 Å². The summed E-state index contributed by atoms with van der Waals surface area (Å²) in [5.74, 6) is 1.44. The predicted molar refractivity (Wildman–Crippen MR) is 151 cm³/mol. The molecule has 0 radical (unpaired) electrons. The fraction of sp³-hybridized carbons (Fsp3) is 0.241. The molecule has 1 aromatic carbocycles. The first kappa shape index (κ1) is 23.1. The lowest BCUT2D eigenvalue weighted by Crippen LogP contribution is -2.25. The first-order valence-corrected chi connectivity index (χ1v) is 13.7. The molecule has 0 saturated carbocycles. The Kier molecular flexibility index (Phi) is 5.87. The predicted octanol–water partition coefficient (Wildman–Crippen LogP) is 6.07. The molecule has 0 amide bonds. The van der Waals surface area contributed by atoms with E-state index in [1.807, 2.05) is 30.5 Å². The van der Waals surface area contributed by atoms with Crippen molar-refractivity contribution in [3.05, 3.63) is 65.8 Å². The van der Waals surface area contributed by atoms with Crippen LogP contribution in [0.5, 0.6) is 5.75 Å². The van der Waals surface area contributed by atoms with Gasteiger partial charge in [0.25, 0.3) is 0 Å². The van der Waals surface area contributed by atoms with E-state index in [0.29, 0.717) is 18.1 Å². The van der Waals surface area contributed by atoms with Gasteiger partial charge in [-0.25, -0.2) is 9.97 Å². The minimum Gasteiger partial charge on any atom is -0.491 e. The molecule has 1 fully saturated rings. The molecule has 9 heteroatoms. The van der Waals surface area contributed by atoms with E-state index in [0.717, 1.165) is 51.2 Å². The Balaban J connectivity index is 1.20. The van der Waals surface area contributed by atoms with Gasteiger partial charge in [0.1, 0.15) is 17.9 Å². The molecule has 0 unspecified atom stereocenters. The van der Waals surface area contributed by atoms with E-state index in [1.165, 1.54) is 35.7 Å². The van der Waals surface area contributed by atoms with E-state index in [4.69, 9.17) is 14.7 Å². The number of aryl methyl sites for hydroxylation is 1. The summed E-state index contributed by atoms with van der Waals surface area (Å²) in [6.07, 6.45) is 6.14. The Morgan fingerprint density at radius 1 is 0.974 bits per heavy atom. The van der Waals surface area contributed by atoms with Crippen LogP contribution in [-0.4, -0.2) is 61.3 Å². The molecule has 7 rings (SSSR count). The van der Waals surface area contributed by atoms with E-state index < -0.39 is 0 Å². The van der Waals surface area contributed by atoms with Crippen LogP contribution in [0.4, 0.5) is 0 Å². The largest absolute Gasteiger partial charge is 0.491 e. The number of hydrogen-bond acceptors (Lipinski definition) is 7. The van der Waals surface area contributed by atoms with Crippen LogP contribution in [-0.2, 0) is 0 Å². The van der Waals surface area contributed by atoms with Gasteiger partial charge in [-0.15, -0.1) is 11.3 Å². The van der Waals surface area contributed by atoms with E-state index in [-0.39, 0.29) is 0 Å². The Labute approximate surface area is 223 Å². The highest BCUT2D eigenvalue weighted by Gasteiger charge is 2.17. The van der Waals surface area contributed by atoms with Crippen molar-refractivity contribution in [1.82, 2.24) is 35.0 Å². The monoisotopic (exact) mass is 521 g/mol. The van der Waals surface area contributed by atoms with Crippen LogP contribution in [0.25, 0.3) is 55.3 Å². The number of aromatic nitrogens is 6. The zero-order chi connectivity index (χ0) is 25.5. The number of benzene rings is 1. The smallest absolute Gasteiger partial charge is 0.161 e. The molecule has 1 aliphatic heterocycles. The SMILES string of the molecule is Cc1ccc(-c2cccc3[nH]c(-c4n[nH]c5ccc(-c6cncc(OCCN7CCCC7)c6)nc45)nc23)s1. The second kappa shape index (κ2) is 9.66. The number of rotatable bonds is 7. The second-order valence-electron chi connectivity index (χ2n) is 9.67. The number of H-pyrrole nitrogens is 2. The molecule has 6 aromatic rings. The van der Waals surface area contributed by atoms with Gasteiger partial charge >= 0.3 is 0 Å². The van der Waals surface area contributed by atoms with Gasteiger partial charge in [0.2, 0.25) is 0 Å². The quantitative estimate of drug-likeness (QED) is 0.265. The highest BCUT2D eigenvalue weighted by Crippen LogP contribution is 2.35. The summed E-state index contributed by atoms with van der Waals surface area (Å²) in [6.45, 7) is 6.05. The molecule has 2 N–H and O–H groups in total.